The van der Waals surface area contributed by atoms with E-state index in [1.54, 1.807) is 0 Å². The number of aliphatic hydroxyl groups excluding tert-OH is 6. The van der Waals surface area contributed by atoms with Gasteiger partial charge in [0.1, 0.15) is 0 Å². The van der Waals surface area contributed by atoms with Crippen molar-refractivity contribution < 1.29 is 30.6 Å². The highest BCUT2D eigenvalue weighted by molar-refractivity contribution is 5.08. The second kappa shape index (κ2) is 39.6. The Hall–Kier alpha value is -0.240. The fourth-order valence-electron chi connectivity index (χ4n) is 11.9. The third-order valence-corrected chi connectivity index (χ3v) is 15.3. The van der Waals surface area contributed by atoms with Gasteiger partial charge >= 0.3 is 0 Å². The minimum Gasteiger partial charge on any atom is -0.396 e. The molecular formula is C52H104O6. The summed E-state index contributed by atoms with van der Waals surface area (Å²) in [5.41, 5.74) is -1.66. The molecule has 0 aromatic rings. The van der Waals surface area contributed by atoms with Crippen LogP contribution < -0.4 is 0 Å². The van der Waals surface area contributed by atoms with Crippen LogP contribution in [-0.4, -0.2) is 70.3 Å². The van der Waals surface area contributed by atoms with Crippen LogP contribution >= 0.6 is 0 Å². The van der Waals surface area contributed by atoms with E-state index in [4.69, 9.17) is 0 Å². The van der Waals surface area contributed by atoms with Gasteiger partial charge in [-0.2, -0.15) is 0 Å². The van der Waals surface area contributed by atoms with Crippen LogP contribution in [0.5, 0.6) is 0 Å². The molecule has 348 valence electrons. The van der Waals surface area contributed by atoms with Crippen LogP contribution in [0.4, 0.5) is 0 Å². The highest BCUT2D eigenvalue weighted by atomic mass is 16.3. The maximum Gasteiger partial charge on any atom is 0.0436 e. The van der Waals surface area contributed by atoms with Gasteiger partial charge in [-0.3, -0.25) is 0 Å². The summed E-state index contributed by atoms with van der Waals surface area (Å²) < 4.78 is 0. The molecule has 1 saturated carbocycles. The Labute approximate surface area is 361 Å². The Kier molecular flexibility index (Phi) is 38.1. The normalized spacial score (nSPS) is 23.1. The molecule has 0 aliphatic heterocycles. The molecule has 0 aromatic carbocycles. The van der Waals surface area contributed by atoms with Gasteiger partial charge in [-0.1, -0.05) is 225 Å². The SMILES string of the molecule is OCCC1(CCO)CCCCCCCCCCCCCCCCCCCCCCCCCCCCCCCCCCCCCC(CCO)(CCO)C1(CCO)CCO. The molecule has 0 aromatic heterocycles. The van der Waals surface area contributed by atoms with Crippen molar-refractivity contribution in [2.75, 3.05) is 39.6 Å². The summed E-state index contributed by atoms with van der Waals surface area (Å²) in [6.07, 6.45) is 51.2. The molecule has 6 heteroatoms. The first kappa shape index (κ1) is 55.8. The third kappa shape index (κ3) is 23.8. The van der Waals surface area contributed by atoms with Gasteiger partial charge in [0.25, 0.3) is 0 Å². The van der Waals surface area contributed by atoms with Crippen LogP contribution in [0, 0.1) is 16.2 Å². The van der Waals surface area contributed by atoms with Crippen molar-refractivity contribution in [2.24, 2.45) is 16.2 Å². The molecule has 58 heavy (non-hydrogen) atoms. The highest BCUT2D eigenvalue weighted by Gasteiger charge is 2.59. The summed E-state index contributed by atoms with van der Waals surface area (Å²) in [5, 5.41) is 63.9. The van der Waals surface area contributed by atoms with Crippen LogP contribution in [0.15, 0.2) is 0 Å². The van der Waals surface area contributed by atoms with Crippen LogP contribution in [0.25, 0.3) is 0 Å². The van der Waals surface area contributed by atoms with Crippen LogP contribution in [0.3, 0.4) is 0 Å². The lowest BCUT2D eigenvalue weighted by Gasteiger charge is -2.62. The molecule has 0 spiro atoms. The second-order valence-corrected chi connectivity index (χ2v) is 19.4. The molecule has 1 fully saturated rings. The van der Waals surface area contributed by atoms with E-state index in [-0.39, 0.29) is 39.6 Å². The second-order valence-electron chi connectivity index (χ2n) is 19.4. The minimum atomic E-state index is -0.632. The summed E-state index contributed by atoms with van der Waals surface area (Å²) in [6, 6.07) is 0. The molecule has 6 N–H and O–H groups in total. The fraction of sp³-hybridized carbons (Fsp3) is 1.00. The van der Waals surface area contributed by atoms with E-state index in [9.17, 15) is 30.6 Å². The smallest absolute Gasteiger partial charge is 0.0436 e. The van der Waals surface area contributed by atoms with Crippen molar-refractivity contribution in [1.29, 1.82) is 0 Å². The van der Waals surface area contributed by atoms with Gasteiger partial charge in [-0.25, -0.2) is 0 Å². The quantitative estimate of drug-likeness (QED) is 0.117. The van der Waals surface area contributed by atoms with Gasteiger partial charge in [-0.15, -0.1) is 0 Å². The standard InChI is InChI=1S/C52H104O6/c53-44-38-50(39-45-54)36-34-32-30-28-26-24-22-20-18-16-14-12-10-8-6-4-2-1-3-5-7-9-11-13-15-17-19-21-23-25-27-29-31-33-35-37-51(40-46-55,41-47-56)52(50,42-48-57)43-49-58/h53-58H,1-49H2. The first-order chi connectivity index (χ1) is 28.6. The molecule has 0 bridgehead atoms. The molecule has 1 aliphatic carbocycles. The molecule has 0 amide bonds. The summed E-state index contributed by atoms with van der Waals surface area (Å²) in [7, 11) is 0. The van der Waals surface area contributed by atoms with Gasteiger partial charge < -0.3 is 30.6 Å². The average molecular weight is 825 g/mol. The van der Waals surface area contributed by atoms with Gasteiger partial charge in [0.15, 0.2) is 0 Å². The summed E-state index contributed by atoms with van der Waals surface area (Å²) in [4.78, 5) is 0. The fourth-order valence-corrected chi connectivity index (χ4v) is 11.9. The predicted octanol–water partition coefficient (Wildman–Crippen LogP) is 13.7. The molecule has 1 aliphatic rings. The van der Waals surface area contributed by atoms with Crippen LogP contribution in [0.1, 0.15) is 276 Å². The Bertz CT molecular complexity index is 757. The lowest BCUT2D eigenvalue weighted by Crippen LogP contribution is -2.56. The molecule has 0 radical (unpaired) electrons. The zero-order valence-corrected chi connectivity index (χ0v) is 38.8. The third-order valence-electron chi connectivity index (χ3n) is 15.3. The lowest BCUT2D eigenvalue weighted by molar-refractivity contribution is -0.159. The van der Waals surface area contributed by atoms with E-state index in [2.05, 4.69) is 0 Å². The zero-order valence-electron chi connectivity index (χ0n) is 38.8. The van der Waals surface area contributed by atoms with Crippen molar-refractivity contribution in [3.63, 3.8) is 0 Å². The Morgan fingerprint density at radius 1 is 0.190 bits per heavy atom. The van der Waals surface area contributed by atoms with Gasteiger partial charge in [-0.05, 0) is 67.6 Å². The van der Waals surface area contributed by atoms with Crippen molar-refractivity contribution in [3.05, 3.63) is 0 Å². The molecular weight excluding hydrogens is 721 g/mol. The van der Waals surface area contributed by atoms with E-state index in [1.807, 2.05) is 0 Å². The molecule has 1 rings (SSSR count). The van der Waals surface area contributed by atoms with Crippen molar-refractivity contribution >= 4 is 0 Å². The number of aliphatic hydroxyl groups is 6. The number of hydrogen-bond acceptors (Lipinski definition) is 6. The monoisotopic (exact) mass is 825 g/mol. The molecule has 0 heterocycles. The van der Waals surface area contributed by atoms with Gasteiger partial charge in [0, 0.05) is 39.6 Å². The van der Waals surface area contributed by atoms with Crippen molar-refractivity contribution in [2.45, 2.75) is 276 Å². The van der Waals surface area contributed by atoms with Crippen LogP contribution in [-0.2, 0) is 0 Å². The van der Waals surface area contributed by atoms with E-state index in [1.165, 1.54) is 199 Å². The molecule has 0 unspecified atom stereocenters. The maximum absolute atomic E-state index is 10.7. The van der Waals surface area contributed by atoms with Crippen molar-refractivity contribution in [3.8, 4) is 0 Å². The van der Waals surface area contributed by atoms with Gasteiger partial charge in [0.2, 0.25) is 0 Å². The summed E-state index contributed by atoms with van der Waals surface area (Å²) in [6.45, 7) is -0.200. The largest absolute Gasteiger partial charge is 0.396 e. The first-order valence-electron chi connectivity index (χ1n) is 26.2. The molecule has 0 saturated heterocycles. The highest BCUT2D eigenvalue weighted by Crippen LogP contribution is 2.65. The predicted molar refractivity (Wildman–Crippen MR) is 248 cm³/mol. The topological polar surface area (TPSA) is 121 Å². The number of rotatable bonds is 12. The first-order valence-corrected chi connectivity index (χ1v) is 26.2. The summed E-state index contributed by atoms with van der Waals surface area (Å²) >= 11 is 0. The lowest BCUT2D eigenvalue weighted by atomic mass is 9.42. The summed E-state index contributed by atoms with van der Waals surface area (Å²) in [5.74, 6) is 0. The van der Waals surface area contributed by atoms with Gasteiger partial charge in [0.05, 0.1) is 0 Å². The van der Waals surface area contributed by atoms with Crippen molar-refractivity contribution in [1.82, 2.24) is 0 Å². The molecule has 0 atom stereocenters. The minimum absolute atomic E-state index is 0.0209. The maximum atomic E-state index is 10.7. The number of hydrogen-bond donors (Lipinski definition) is 6. The Balaban J connectivity index is 2.93. The van der Waals surface area contributed by atoms with Crippen LogP contribution in [0.2, 0.25) is 0 Å². The van der Waals surface area contributed by atoms with E-state index >= 15 is 0 Å². The Morgan fingerprint density at radius 2 is 0.328 bits per heavy atom. The zero-order chi connectivity index (χ0) is 42.1. The van der Waals surface area contributed by atoms with E-state index in [0.717, 1.165) is 38.5 Å². The van der Waals surface area contributed by atoms with E-state index < -0.39 is 16.2 Å². The Morgan fingerprint density at radius 3 is 0.466 bits per heavy atom. The average Bonchev–Trinajstić information content (AvgIpc) is 3.21. The van der Waals surface area contributed by atoms with E-state index in [0.29, 0.717) is 38.5 Å². The molecule has 6 nitrogen and oxygen atoms in total.